The molecule has 0 unspecified atom stereocenters. The maximum Gasteiger partial charge on any atom is 0.419 e. The van der Waals surface area contributed by atoms with Gasteiger partial charge in [0.05, 0.1) is 19.3 Å². The third-order valence-corrected chi connectivity index (χ3v) is 3.09. The molecule has 0 saturated heterocycles. The van der Waals surface area contributed by atoms with Gasteiger partial charge in [-0.3, -0.25) is 0 Å². The van der Waals surface area contributed by atoms with E-state index in [4.69, 9.17) is 13.9 Å². The Morgan fingerprint density at radius 3 is 2.62 bits per heavy atom. The minimum Gasteiger partial charge on any atom is -0.496 e. The maximum atomic E-state index is 13.0. The van der Waals surface area contributed by atoms with Crippen LogP contribution in [0.1, 0.15) is 18.2 Å². The molecule has 0 atom stereocenters. The number of halogens is 3. The molecular formula is C17H15F3O4. The van der Waals surface area contributed by atoms with Gasteiger partial charge in [-0.25, -0.2) is 4.79 Å². The normalized spacial score (nSPS) is 11.7. The summed E-state index contributed by atoms with van der Waals surface area (Å²) in [7, 11) is 1.18. The van der Waals surface area contributed by atoms with Gasteiger partial charge < -0.3 is 13.9 Å². The van der Waals surface area contributed by atoms with Gasteiger partial charge in [0.25, 0.3) is 0 Å². The molecule has 0 amide bonds. The Bertz CT molecular complexity index is 745. The maximum absolute atomic E-state index is 13.0. The van der Waals surface area contributed by atoms with Crippen molar-refractivity contribution in [2.24, 2.45) is 0 Å². The van der Waals surface area contributed by atoms with Crippen molar-refractivity contribution in [2.75, 3.05) is 13.7 Å². The van der Waals surface area contributed by atoms with Crippen LogP contribution in [-0.2, 0) is 15.7 Å². The van der Waals surface area contributed by atoms with E-state index >= 15 is 0 Å². The van der Waals surface area contributed by atoms with Gasteiger partial charge >= 0.3 is 12.1 Å². The summed E-state index contributed by atoms with van der Waals surface area (Å²) in [5, 5.41) is 0. The molecule has 4 nitrogen and oxygen atoms in total. The second-order valence-electron chi connectivity index (χ2n) is 4.70. The highest BCUT2D eigenvalue weighted by Crippen LogP contribution is 2.38. The molecule has 0 bridgehead atoms. The van der Waals surface area contributed by atoms with E-state index in [1.807, 2.05) is 0 Å². The van der Waals surface area contributed by atoms with E-state index in [1.54, 1.807) is 13.0 Å². The Labute approximate surface area is 136 Å². The Morgan fingerprint density at radius 2 is 2.00 bits per heavy atom. The number of hydrogen-bond donors (Lipinski definition) is 0. The van der Waals surface area contributed by atoms with Crippen molar-refractivity contribution in [2.45, 2.75) is 13.1 Å². The van der Waals surface area contributed by atoms with Gasteiger partial charge in [0, 0.05) is 11.6 Å². The smallest absolute Gasteiger partial charge is 0.419 e. The molecule has 1 aromatic carbocycles. The Balaban J connectivity index is 2.29. The lowest BCUT2D eigenvalue weighted by Crippen LogP contribution is -2.07. The fraction of sp³-hybridized carbons (Fsp3) is 0.235. The summed E-state index contributed by atoms with van der Waals surface area (Å²) in [4.78, 5) is 11.2. The van der Waals surface area contributed by atoms with Crippen LogP contribution in [-0.4, -0.2) is 19.7 Å². The van der Waals surface area contributed by atoms with Crippen LogP contribution >= 0.6 is 0 Å². The number of methoxy groups -OCH3 is 1. The van der Waals surface area contributed by atoms with Crippen molar-refractivity contribution in [1.29, 1.82) is 0 Å². The molecule has 0 aliphatic rings. The summed E-state index contributed by atoms with van der Waals surface area (Å²) in [6.07, 6.45) is -1.97. The number of esters is 1. The highest BCUT2D eigenvalue weighted by molar-refractivity contribution is 5.86. The molecular weight excluding hydrogens is 325 g/mol. The monoisotopic (exact) mass is 340 g/mol. The number of carbonyl (C=O) groups is 1. The molecule has 0 aliphatic heterocycles. The molecule has 128 valence electrons. The molecule has 2 rings (SSSR count). The van der Waals surface area contributed by atoms with Crippen molar-refractivity contribution in [3.63, 3.8) is 0 Å². The van der Waals surface area contributed by atoms with E-state index < -0.39 is 17.7 Å². The quantitative estimate of drug-likeness (QED) is 0.592. The molecule has 0 saturated carbocycles. The van der Waals surface area contributed by atoms with E-state index in [1.165, 1.54) is 37.5 Å². The number of hydrogen-bond acceptors (Lipinski definition) is 4. The summed E-state index contributed by atoms with van der Waals surface area (Å²) < 4.78 is 54.0. The lowest BCUT2D eigenvalue weighted by molar-refractivity contribution is -0.139. The average Bonchev–Trinajstić information content (AvgIpc) is 3.01. The molecule has 0 aliphatic carbocycles. The van der Waals surface area contributed by atoms with Gasteiger partial charge in [-0.15, -0.1) is 0 Å². The summed E-state index contributed by atoms with van der Waals surface area (Å²) in [5.74, 6) is -0.228. The number of benzene rings is 1. The van der Waals surface area contributed by atoms with Crippen LogP contribution in [0.2, 0.25) is 0 Å². The highest BCUT2D eigenvalue weighted by Gasteiger charge is 2.34. The third-order valence-electron chi connectivity index (χ3n) is 3.09. The Kier molecular flexibility index (Phi) is 5.33. The van der Waals surface area contributed by atoms with Gasteiger partial charge in [-0.2, -0.15) is 13.2 Å². The fourth-order valence-electron chi connectivity index (χ4n) is 2.02. The van der Waals surface area contributed by atoms with Crippen molar-refractivity contribution in [3.05, 3.63) is 47.7 Å². The van der Waals surface area contributed by atoms with Crippen LogP contribution in [0.3, 0.4) is 0 Å². The second kappa shape index (κ2) is 7.25. The van der Waals surface area contributed by atoms with Crippen molar-refractivity contribution in [3.8, 4) is 17.1 Å². The summed E-state index contributed by atoms with van der Waals surface area (Å²) in [6.45, 7) is 1.93. The second-order valence-corrected chi connectivity index (χ2v) is 4.70. The first-order valence-electron chi connectivity index (χ1n) is 7.05. The van der Waals surface area contributed by atoms with Crippen LogP contribution in [0.25, 0.3) is 17.4 Å². The molecule has 7 heteroatoms. The number of ether oxygens (including phenoxy) is 2. The summed E-state index contributed by atoms with van der Waals surface area (Å²) in [6, 6.07) is 6.71. The number of rotatable bonds is 5. The number of carbonyl (C=O) groups excluding carboxylic acids is 1. The lowest BCUT2D eigenvalue weighted by atomic mass is 10.1. The number of alkyl halides is 3. The molecule has 2 aromatic rings. The zero-order valence-corrected chi connectivity index (χ0v) is 13.0. The first-order chi connectivity index (χ1) is 11.3. The SMILES string of the molecule is CCOC(=O)C=Cc1ccc(-c2ccc(OC)c(C(F)(F)F)c2)o1. The zero-order chi connectivity index (χ0) is 17.7. The van der Waals surface area contributed by atoms with Crippen molar-refractivity contribution >= 4 is 12.0 Å². The van der Waals surface area contributed by atoms with E-state index in [2.05, 4.69) is 0 Å². The average molecular weight is 340 g/mol. The van der Waals surface area contributed by atoms with Crippen LogP contribution in [0.15, 0.2) is 40.8 Å². The molecule has 0 N–H and O–H groups in total. The number of furan rings is 1. The highest BCUT2D eigenvalue weighted by atomic mass is 19.4. The fourth-order valence-corrected chi connectivity index (χ4v) is 2.02. The van der Waals surface area contributed by atoms with Crippen LogP contribution in [0, 0.1) is 0 Å². The van der Waals surface area contributed by atoms with E-state index in [0.29, 0.717) is 5.76 Å². The van der Waals surface area contributed by atoms with E-state index in [-0.39, 0.29) is 23.7 Å². The molecule has 0 spiro atoms. The third kappa shape index (κ3) is 4.18. The standard InChI is InChI=1S/C17H15F3O4/c1-3-23-16(21)9-6-12-5-8-14(24-12)11-4-7-15(22-2)13(10-11)17(18,19)20/h4-10H,3H2,1-2H3. The van der Waals surface area contributed by atoms with Gasteiger partial charge in [-0.05, 0) is 43.3 Å². The molecule has 1 aromatic heterocycles. The molecule has 1 heterocycles. The van der Waals surface area contributed by atoms with Crippen molar-refractivity contribution in [1.82, 2.24) is 0 Å². The predicted octanol–water partition coefficient (Wildman–Crippen LogP) is 4.55. The van der Waals surface area contributed by atoms with Crippen molar-refractivity contribution < 1.29 is 31.9 Å². The largest absolute Gasteiger partial charge is 0.496 e. The van der Waals surface area contributed by atoms with Gasteiger partial charge in [0.15, 0.2) is 0 Å². The van der Waals surface area contributed by atoms with Crippen LogP contribution in [0.4, 0.5) is 13.2 Å². The van der Waals surface area contributed by atoms with Crippen LogP contribution in [0.5, 0.6) is 5.75 Å². The summed E-state index contributed by atoms with van der Waals surface area (Å²) in [5.41, 5.74) is -0.638. The zero-order valence-electron chi connectivity index (χ0n) is 13.0. The first-order valence-corrected chi connectivity index (χ1v) is 7.05. The molecule has 0 radical (unpaired) electrons. The van der Waals surface area contributed by atoms with Gasteiger partial charge in [-0.1, -0.05) is 0 Å². The van der Waals surface area contributed by atoms with Gasteiger partial charge in [0.2, 0.25) is 0 Å². The minimum absolute atomic E-state index is 0.242. The van der Waals surface area contributed by atoms with E-state index in [9.17, 15) is 18.0 Å². The predicted molar refractivity (Wildman–Crippen MR) is 81.4 cm³/mol. The van der Waals surface area contributed by atoms with Gasteiger partial charge in [0.1, 0.15) is 17.3 Å². The van der Waals surface area contributed by atoms with Crippen LogP contribution < -0.4 is 4.74 Å². The minimum atomic E-state index is -4.54. The Morgan fingerprint density at radius 1 is 1.25 bits per heavy atom. The molecule has 24 heavy (non-hydrogen) atoms. The molecule has 0 fully saturated rings. The van der Waals surface area contributed by atoms with E-state index in [0.717, 1.165) is 6.07 Å². The Hall–Kier alpha value is -2.70. The topological polar surface area (TPSA) is 48.7 Å². The lowest BCUT2D eigenvalue weighted by Gasteiger charge is -2.12. The summed E-state index contributed by atoms with van der Waals surface area (Å²) >= 11 is 0. The first kappa shape index (κ1) is 17.7.